The second-order valence-electron chi connectivity index (χ2n) is 4.97. The molecular weight excluding hydrogens is 188 g/mol. The molecule has 1 aliphatic carbocycles. The van der Waals surface area contributed by atoms with Gasteiger partial charge in [0.2, 0.25) is 5.91 Å². The molecule has 15 heavy (non-hydrogen) atoms. The van der Waals surface area contributed by atoms with Crippen molar-refractivity contribution < 1.29 is 4.79 Å². The van der Waals surface area contributed by atoms with Crippen molar-refractivity contribution in [3.8, 4) is 0 Å². The molecule has 0 saturated heterocycles. The van der Waals surface area contributed by atoms with Gasteiger partial charge in [0.05, 0.1) is 0 Å². The number of hydrogen-bond donors (Lipinski definition) is 2. The van der Waals surface area contributed by atoms with Crippen molar-refractivity contribution in [2.45, 2.75) is 45.4 Å². The first-order valence-corrected chi connectivity index (χ1v) is 6.08. The Morgan fingerprint density at radius 3 is 2.53 bits per heavy atom. The predicted molar refractivity (Wildman–Crippen MR) is 62.7 cm³/mol. The first kappa shape index (κ1) is 12.5. The minimum atomic E-state index is 0.122. The molecule has 0 aliphatic heterocycles. The van der Waals surface area contributed by atoms with Crippen molar-refractivity contribution in [3.05, 3.63) is 0 Å². The average molecular weight is 212 g/mol. The van der Waals surface area contributed by atoms with Gasteiger partial charge in [-0.15, -0.1) is 0 Å². The van der Waals surface area contributed by atoms with Crippen molar-refractivity contribution in [3.63, 3.8) is 0 Å². The number of carbonyl (C=O) groups excluding carboxylic acids is 1. The van der Waals surface area contributed by atoms with Gasteiger partial charge in [-0.1, -0.05) is 26.2 Å². The number of rotatable bonds is 5. The van der Waals surface area contributed by atoms with Crippen LogP contribution in [0.3, 0.4) is 0 Å². The third-order valence-corrected chi connectivity index (χ3v) is 3.42. The van der Waals surface area contributed by atoms with Gasteiger partial charge in [0, 0.05) is 26.6 Å². The van der Waals surface area contributed by atoms with Gasteiger partial charge in [0.25, 0.3) is 0 Å². The van der Waals surface area contributed by atoms with E-state index >= 15 is 0 Å². The molecule has 2 N–H and O–H groups in total. The van der Waals surface area contributed by atoms with Gasteiger partial charge in [-0.2, -0.15) is 0 Å². The van der Waals surface area contributed by atoms with Crippen LogP contribution in [0.25, 0.3) is 0 Å². The molecule has 0 aromatic carbocycles. The molecule has 1 amide bonds. The SMILES string of the molecule is CNC(=O)CCNCC1(C)CCCCC1. The van der Waals surface area contributed by atoms with Gasteiger partial charge in [-0.05, 0) is 18.3 Å². The molecule has 1 rings (SSSR count). The summed E-state index contributed by atoms with van der Waals surface area (Å²) in [7, 11) is 1.69. The lowest BCUT2D eigenvalue weighted by atomic mass is 9.76. The van der Waals surface area contributed by atoms with Gasteiger partial charge < -0.3 is 10.6 Å². The molecule has 0 spiro atoms. The highest BCUT2D eigenvalue weighted by Gasteiger charge is 2.25. The van der Waals surface area contributed by atoms with Crippen LogP contribution in [-0.4, -0.2) is 26.0 Å². The Balaban J connectivity index is 2.10. The fourth-order valence-electron chi connectivity index (χ4n) is 2.30. The maximum atomic E-state index is 11.0. The summed E-state index contributed by atoms with van der Waals surface area (Å²) in [5, 5.41) is 6.03. The van der Waals surface area contributed by atoms with Crippen LogP contribution in [0.1, 0.15) is 45.4 Å². The van der Waals surface area contributed by atoms with Gasteiger partial charge in [0.15, 0.2) is 0 Å². The van der Waals surface area contributed by atoms with Crippen molar-refractivity contribution in [1.29, 1.82) is 0 Å². The van der Waals surface area contributed by atoms with E-state index in [0.717, 1.165) is 13.1 Å². The Morgan fingerprint density at radius 2 is 1.93 bits per heavy atom. The van der Waals surface area contributed by atoms with Crippen LogP contribution < -0.4 is 10.6 Å². The quantitative estimate of drug-likeness (QED) is 0.681. The number of carbonyl (C=O) groups is 1. The maximum Gasteiger partial charge on any atom is 0.221 e. The van der Waals surface area contributed by atoms with Crippen molar-refractivity contribution >= 4 is 5.91 Å². The smallest absolute Gasteiger partial charge is 0.221 e. The zero-order valence-electron chi connectivity index (χ0n) is 10.1. The lowest BCUT2D eigenvalue weighted by Crippen LogP contribution is -2.35. The fourth-order valence-corrected chi connectivity index (χ4v) is 2.30. The predicted octanol–water partition coefficient (Wildman–Crippen LogP) is 1.68. The van der Waals surface area contributed by atoms with Crippen LogP contribution in [0.5, 0.6) is 0 Å². The van der Waals surface area contributed by atoms with Gasteiger partial charge in [-0.25, -0.2) is 0 Å². The van der Waals surface area contributed by atoms with Crippen LogP contribution >= 0.6 is 0 Å². The molecule has 3 heteroatoms. The first-order chi connectivity index (χ1) is 7.16. The Kier molecular flexibility index (Phi) is 5.09. The average Bonchev–Trinajstić information content (AvgIpc) is 2.25. The maximum absolute atomic E-state index is 11.0. The Hall–Kier alpha value is -0.570. The molecule has 1 saturated carbocycles. The van der Waals surface area contributed by atoms with Crippen LogP contribution in [0.2, 0.25) is 0 Å². The van der Waals surface area contributed by atoms with E-state index in [-0.39, 0.29) is 5.91 Å². The molecule has 0 unspecified atom stereocenters. The molecule has 0 bridgehead atoms. The number of hydrogen-bond acceptors (Lipinski definition) is 2. The third kappa shape index (κ3) is 4.65. The zero-order chi connectivity index (χ0) is 11.1. The summed E-state index contributed by atoms with van der Waals surface area (Å²) >= 11 is 0. The largest absolute Gasteiger partial charge is 0.359 e. The third-order valence-electron chi connectivity index (χ3n) is 3.42. The van der Waals surface area contributed by atoms with Gasteiger partial charge >= 0.3 is 0 Å². The molecule has 0 atom stereocenters. The molecule has 1 aliphatic rings. The molecule has 0 aromatic rings. The summed E-state index contributed by atoms with van der Waals surface area (Å²) < 4.78 is 0. The highest BCUT2D eigenvalue weighted by atomic mass is 16.1. The van der Waals surface area contributed by atoms with Gasteiger partial charge in [0.1, 0.15) is 0 Å². The second kappa shape index (κ2) is 6.11. The Morgan fingerprint density at radius 1 is 1.27 bits per heavy atom. The highest BCUT2D eigenvalue weighted by molar-refractivity contribution is 5.75. The highest BCUT2D eigenvalue weighted by Crippen LogP contribution is 2.34. The Bertz CT molecular complexity index is 198. The summed E-state index contributed by atoms with van der Waals surface area (Å²) in [6.07, 6.45) is 7.39. The standard InChI is InChI=1S/C12H24N2O/c1-12(7-4-3-5-8-12)10-14-9-6-11(15)13-2/h14H,3-10H2,1-2H3,(H,13,15). The molecule has 3 nitrogen and oxygen atoms in total. The summed E-state index contributed by atoms with van der Waals surface area (Å²) in [5.74, 6) is 0.122. The van der Waals surface area contributed by atoms with Crippen molar-refractivity contribution in [2.24, 2.45) is 5.41 Å². The van der Waals surface area contributed by atoms with Crippen LogP contribution in [0.4, 0.5) is 0 Å². The molecule has 1 fully saturated rings. The number of nitrogens with one attached hydrogen (secondary N) is 2. The first-order valence-electron chi connectivity index (χ1n) is 6.08. The van der Waals surface area contributed by atoms with E-state index in [1.807, 2.05) is 0 Å². The van der Waals surface area contributed by atoms with E-state index in [4.69, 9.17) is 0 Å². The summed E-state index contributed by atoms with van der Waals surface area (Å²) in [4.78, 5) is 11.0. The molecule has 0 aromatic heterocycles. The van der Waals surface area contributed by atoms with Crippen LogP contribution in [0, 0.1) is 5.41 Å². The van der Waals surface area contributed by atoms with E-state index in [2.05, 4.69) is 17.6 Å². The zero-order valence-corrected chi connectivity index (χ0v) is 10.1. The lowest BCUT2D eigenvalue weighted by Gasteiger charge is -2.33. The molecule has 88 valence electrons. The second-order valence-corrected chi connectivity index (χ2v) is 4.97. The summed E-state index contributed by atoms with van der Waals surface area (Å²) in [6, 6.07) is 0. The van der Waals surface area contributed by atoms with E-state index in [1.165, 1.54) is 32.1 Å². The molecule has 0 heterocycles. The summed E-state index contributed by atoms with van der Waals surface area (Å²) in [5.41, 5.74) is 0.473. The van der Waals surface area contributed by atoms with Crippen molar-refractivity contribution in [2.75, 3.05) is 20.1 Å². The van der Waals surface area contributed by atoms with E-state index in [0.29, 0.717) is 11.8 Å². The van der Waals surface area contributed by atoms with E-state index in [9.17, 15) is 4.79 Å². The molecule has 0 radical (unpaired) electrons. The normalized spacial score (nSPS) is 19.9. The topological polar surface area (TPSA) is 41.1 Å². The minimum absolute atomic E-state index is 0.122. The minimum Gasteiger partial charge on any atom is -0.359 e. The van der Waals surface area contributed by atoms with E-state index in [1.54, 1.807) is 7.05 Å². The molecular formula is C12H24N2O. The van der Waals surface area contributed by atoms with Crippen LogP contribution in [-0.2, 0) is 4.79 Å². The lowest BCUT2D eigenvalue weighted by molar-refractivity contribution is -0.120. The fraction of sp³-hybridized carbons (Fsp3) is 0.917. The number of amides is 1. The van der Waals surface area contributed by atoms with Crippen LogP contribution in [0.15, 0.2) is 0 Å². The summed E-state index contributed by atoms with van der Waals surface area (Å²) in [6.45, 7) is 4.22. The van der Waals surface area contributed by atoms with Crippen molar-refractivity contribution in [1.82, 2.24) is 10.6 Å². The Labute approximate surface area is 93.0 Å². The van der Waals surface area contributed by atoms with Gasteiger partial charge in [-0.3, -0.25) is 4.79 Å². The monoisotopic (exact) mass is 212 g/mol. The van der Waals surface area contributed by atoms with E-state index < -0.39 is 0 Å².